The molecule has 0 aliphatic rings. The molecule has 43 heavy (non-hydrogen) atoms. The number of aryl methyl sites for hydroxylation is 1. The zero-order chi connectivity index (χ0) is 30.6. The summed E-state index contributed by atoms with van der Waals surface area (Å²) in [6.45, 7) is 2.02. The van der Waals surface area contributed by atoms with Crippen molar-refractivity contribution in [2.24, 2.45) is 0 Å². The fourth-order valence-electron chi connectivity index (χ4n) is 4.48. The van der Waals surface area contributed by atoms with E-state index in [0.29, 0.717) is 5.02 Å². The van der Waals surface area contributed by atoms with Gasteiger partial charge in [0.2, 0.25) is 0 Å². The second kappa shape index (κ2) is 16.2. The van der Waals surface area contributed by atoms with E-state index >= 15 is 0 Å². The van der Waals surface area contributed by atoms with Crippen molar-refractivity contribution < 1.29 is 5.11 Å². The minimum Gasteiger partial charge on any atom is -0.506 e. The molecule has 6 aromatic carbocycles. The summed E-state index contributed by atoms with van der Waals surface area (Å²) in [5.41, 5.74) is 10.3. The number of hydrogen-bond acceptors (Lipinski definition) is 1. The van der Waals surface area contributed by atoms with Crippen LogP contribution in [-0.2, 0) is 0 Å². The molecule has 0 amide bonds. The van der Waals surface area contributed by atoms with Gasteiger partial charge in [-0.2, -0.15) is 0 Å². The van der Waals surface area contributed by atoms with Crippen LogP contribution >= 0.6 is 46.4 Å². The summed E-state index contributed by atoms with van der Waals surface area (Å²) in [4.78, 5) is 0. The van der Waals surface area contributed by atoms with Crippen molar-refractivity contribution >= 4 is 46.4 Å². The van der Waals surface area contributed by atoms with E-state index in [-0.39, 0.29) is 11.1 Å². The van der Waals surface area contributed by atoms with Crippen molar-refractivity contribution in [2.45, 2.75) is 6.92 Å². The fraction of sp³-hybridized carbons (Fsp3) is 0.0526. The number of alkyl halides is 2. The van der Waals surface area contributed by atoms with E-state index < -0.39 is 0 Å². The van der Waals surface area contributed by atoms with Crippen LogP contribution in [0, 0.1) is 6.92 Å². The summed E-state index contributed by atoms with van der Waals surface area (Å²) in [5.74, 6) is 0.106. The summed E-state index contributed by atoms with van der Waals surface area (Å²) in [5, 5.41) is 10.9. The Labute approximate surface area is 273 Å². The molecule has 0 fully saturated rings. The van der Waals surface area contributed by atoms with Gasteiger partial charge >= 0.3 is 0 Å². The molecule has 0 saturated carbocycles. The van der Waals surface area contributed by atoms with Crippen molar-refractivity contribution in [1.82, 2.24) is 0 Å². The Morgan fingerprint density at radius 3 is 1.19 bits per heavy atom. The maximum atomic E-state index is 9.49. The zero-order valence-corrected chi connectivity index (χ0v) is 26.5. The highest BCUT2D eigenvalue weighted by molar-refractivity contribution is 6.40. The topological polar surface area (TPSA) is 20.2 Å². The molecule has 0 heterocycles. The molecule has 0 aliphatic carbocycles. The Kier molecular flexibility index (Phi) is 12.1. The first-order chi connectivity index (χ1) is 20.9. The van der Waals surface area contributed by atoms with Gasteiger partial charge in [0.1, 0.15) is 5.75 Å². The molecule has 0 aliphatic heterocycles. The molecule has 1 nitrogen and oxygen atoms in total. The lowest BCUT2D eigenvalue weighted by molar-refractivity contribution is 0.475. The van der Waals surface area contributed by atoms with Gasteiger partial charge in [-0.05, 0) is 87.3 Å². The second-order valence-corrected chi connectivity index (χ2v) is 11.2. The molecule has 0 radical (unpaired) electrons. The average Bonchev–Trinajstić information content (AvgIpc) is 3.05. The Morgan fingerprint density at radius 1 is 0.419 bits per heavy atom. The van der Waals surface area contributed by atoms with E-state index in [1.165, 1.54) is 22.3 Å². The molecule has 0 aromatic heterocycles. The molecule has 0 saturated heterocycles. The highest BCUT2D eigenvalue weighted by atomic mass is 35.5. The van der Waals surface area contributed by atoms with Crippen molar-refractivity contribution in [1.29, 1.82) is 0 Å². The summed E-state index contributed by atoms with van der Waals surface area (Å²) in [6.07, 6.45) is 0. The van der Waals surface area contributed by atoms with E-state index in [4.69, 9.17) is 46.4 Å². The first kappa shape index (κ1) is 32.2. The van der Waals surface area contributed by atoms with E-state index in [2.05, 4.69) is 84.9 Å². The predicted molar refractivity (Wildman–Crippen MR) is 188 cm³/mol. The van der Waals surface area contributed by atoms with E-state index in [1.54, 1.807) is 12.1 Å². The number of rotatable bonds is 4. The third-order valence-electron chi connectivity index (χ3n) is 6.73. The molecule has 0 unspecified atom stereocenters. The van der Waals surface area contributed by atoms with Crippen LogP contribution in [0.3, 0.4) is 0 Å². The first-order valence-corrected chi connectivity index (χ1v) is 15.4. The molecular weight excluding hydrogens is 614 g/mol. The molecule has 0 spiro atoms. The smallest absolute Gasteiger partial charge is 0.134 e. The lowest BCUT2D eigenvalue weighted by atomic mass is 9.98. The van der Waals surface area contributed by atoms with Gasteiger partial charge in [0.15, 0.2) is 0 Å². The standard InChI is InChI=1S/C19H15Cl.C18H13ClO.CH2Cl2/c1-14-10-11-18(13-19(14)20)17-9-5-8-16(12-17)15-6-3-2-4-7-15;19-17-12-16(9-10-18(17)20)15-8-4-7-14(11-15)13-5-2-1-3-6-13;2-1-3/h2-13H,1H3;1-12,20H;1H2. The highest BCUT2D eigenvalue weighted by Gasteiger charge is 2.05. The molecular formula is C38H30Cl4O. The van der Waals surface area contributed by atoms with Gasteiger partial charge in [0.05, 0.1) is 10.4 Å². The largest absolute Gasteiger partial charge is 0.506 e. The molecule has 6 aromatic rings. The van der Waals surface area contributed by atoms with Crippen LogP contribution in [0.1, 0.15) is 5.56 Å². The normalized spacial score (nSPS) is 10.2. The van der Waals surface area contributed by atoms with Crippen LogP contribution in [0.15, 0.2) is 146 Å². The maximum Gasteiger partial charge on any atom is 0.134 e. The quantitative estimate of drug-likeness (QED) is 0.189. The van der Waals surface area contributed by atoms with Gasteiger partial charge in [0.25, 0.3) is 0 Å². The van der Waals surface area contributed by atoms with Crippen LogP contribution < -0.4 is 0 Å². The Hall–Kier alpha value is -3.72. The van der Waals surface area contributed by atoms with Gasteiger partial charge < -0.3 is 5.11 Å². The van der Waals surface area contributed by atoms with Crippen molar-refractivity contribution in [3.8, 4) is 50.3 Å². The van der Waals surface area contributed by atoms with Crippen LogP contribution in [-0.4, -0.2) is 10.4 Å². The number of halogens is 4. The molecule has 216 valence electrons. The van der Waals surface area contributed by atoms with Crippen LogP contribution in [0.5, 0.6) is 5.75 Å². The second-order valence-electron chi connectivity index (χ2n) is 9.62. The minimum atomic E-state index is 0.106. The Balaban J connectivity index is 0.000000181. The van der Waals surface area contributed by atoms with E-state index in [9.17, 15) is 5.11 Å². The van der Waals surface area contributed by atoms with E-state index in [1.807, 2.05) is 55.5 Å². The van der Waals surface area contributed by atoms with Crippen molar-refractivity contribution in [2.75, 3.05) is 5.34 Å². The minimum absolute atomic E-state index is 0.106. The first-order valence-electron chi connectivity index (χ1n) is 13.6. The summed E-state index contributed by atoms with van der Waals surface area (Å²) < 4.78 is 0. The Morgan fingerprint density at radius 2 is 0.767 bits per heavy atom. The number of benzene rings is 6. The number of phenolic OH excluding ortho intramolecular Hbond substituents is 1. The Bertz CT molecular complexity index is 1620. The third-order valence-corrected chi connectivity index (χ3v) is 7.44. The van der Waals surface area contributed by atoms with Gasteiger partial charge in [-0.15, -0.1) is 23.2 Å². The summed E-state index contributed by atoms with van der Waals surface area (Å²) >= 11 is 21.7. The summed E-state index contributed by atoms with van der Waals surface area (Å²) in [6, 6.07) is 48.9. The zero-order valence-electron chi connectivity index (χ0n) is 23.5. The van der Waals surface area contributed by atoms with Crippen LogP contribution in [0.2, 0.25) is 10.0 Å². The lowest BCUT2D eigenvalue weighted by Crippen LogP contribution is -1.82. The van der Waals surface area contributed by atoms with Crippen molar-refractivity contribution in [3.05, 3.63) is 161 Å². The van der Waals surface area contributed by atoms with Gasteiger partial charge in [0, 0.05) is 5.02 Å². The molecule has 0 atom stereocenters. The number of aromatic hydroxyl groups is 1. The average molecular weight is 644 g/mol. The fourth-order valence-corrected chi connectivity index (χ4v) is 4.84. The van der Waals surface area contributed by atoms with Gasteiger partial charge in [-0.1, -0.05) is 138 Å². The van der Waals surface area contributed by atoms with Crippen molar-refractivity contribution in [3.63, 3.8) is 0 Å². The molecule has 5 heteroatoms. The number of phenols is 1. The lowest BCUT2D eigenvalue weighted by Gasteiger charge is -2.07. The maximum absolute atomic E-state index is 9.49. The van der Waals surface area contributed by atoms with Crippen LogP contribution in [0.25, 0.3) is 44.5 Å². The highest BCUT2D eigenvalue weighted by Crippen LogP contribution is 2.32. The molecule has 1 N–H and O–H groups in total. The summed E-state index contributed by atoms with van der Waals surface area (Å²) in [7, 11) is 0. The van der Waals surface area contributed by atoms with E-state index in [0.717, 1.165) is 32.8 Å². The third kappa shape index (κ3) is 9.13. The van der Waals surface area contributed by atoms with Gasteiger partial charge in [-0.25, -0.2) is 0 Å². The molecule has 0 bridgehead atoms. The SMILES string of the molecule is Cc1ccc(-c2cccc(-c3ccccc3)c2)cc1Cl.ClCCl.Oc1ccc(-c2cccc(-c3ccccc3)c2)cc1Cl. The monoisotopic (exact) mass is 642 g/mol. The predicted octanol–water partition coefficient (Wildman–Crippen LogP) is 12.8. The molecule has 6 rings (SSSR count). The van der Waals surface area contributed by atoms with Crippen LogP contribution in [0.4, 0.5) is 0 Å². The number of hydrogen-bond donors (Lipinski definition) is 1. The van der Waals surface area contributed by atoms with Gasteiger partial charge in [-0.3, -0.25) is 0 Å².